The molecule has 0 aliphatic heterocycles. The van der Waals surface area contributed by atoms with Crippen LogP contribution in [0.5, 0.6) is 0 Å². The van der Waals surface area contributed by atoms with Gasteiger partial charge in [0.15, 0.2) is 0 Å². The van der Waals surface area contributed by atoms with Crippen LogP contribution in [-0.4, -0.2) is 11.7 Å². The fraction of sp³-hybridized carbons (Fsp3) is 0.538. The average Bonchev–Trinajstić information content (AvgIpc) is 2.16. The monoisotopic (exact) mass is 283 g/mol. The van der Waals surface area contributed by atoms with Crippen LogP contribution >= 0.6 is 15.9 Å². The summed E-state index contributed by atoms with van der Waals surface area (Å²) < 4.78 is 0.997. The summed E-state index contributed by atoms with van der Waals surface area (Å²) in [7, 11) is 0. The maximum atomic E-state index is 10.8. The minimum atomic E-state index is -0.830. The molecule has 1 aliphatic carbocycles. The van der Waals surface area contributed by atoms with Gasteiger partial charge in [0.05, 0.1) is 5.60 Å². The van der Waals surface area contributed by atoms with E-state index in [1.165, 1.54) is 6.42 Å². The van der Waals surface area contributed by atoms with Crippen molar-refractivity contribution in [2.75, 3.05) is 6.54 Å². The smallest absolute Gasteiger partial charge is 0.0936 e. The highest BCUT2D eigenvalue weighted by Crippen LogP contribution is 2.53. The molecule has 2 nitrogen and oxygen atoms in total. The molecule has 0 spiro atoms. The number of nitrogens with two attached hydrogens (primary N) is 1. The molecule has 0 radical (unpaired) electrons. The summed E-state index contributed by atoms with van der Waals surface area (Å²) in [4.78, 5) is 0. The Morgan fingerprint density at radius 2 is 2.19 bits per heavy atom. The number of hydrogen-bond acceptors (Lipinski definition) is 2. The van der Waals surface area contributed by atoms with Crippen LogP contribution in [-0.2, 0) is 5.60 Å². The standard InChI is InChI=1S/C13H18BrNO/c1-12(16,13(9-15)6-3-7-13)10-4-2-5-11(14)8-10/h2,4-5,8,16H,3,6-7,9,15H2,1H3. The van der Waals surface area contributed by atoms with Gasteiger partial charge in [0.1, 0.15) is 0 Å². The SMILES string of the molecule is CC(O)(c1cccc(Br)c1)C1(CN)CCC1. The summed E-state index contributed by atoms with van der Waals surface area (Å²) in [5.74, 6) is 0. The lowest BCUT2D eigenvalue weighted by Gasteiger charge is -2.51. The molecule has 0 heterocycles. The molecule has 3 N–H and O–H groups in total. The number of halogens is 1. The van der Waals surface area contributed by atoms with Gasteiger partial charge in [-0.05, 0) is 37.5 Å². The first kappa shape index (κ1) is 12.1. The lowest BCUT2D eigenvalue weighted by atomic mass is 9.57. The molecule has 1 fully saturated rings. The number of benzene rings is 1. The maximum absolute atomic E-state index is 10.8. The summed E-state index contributed by atoms with van der Waals surface area (Å²) in [5, 5.41) is 10.8. The summed E-state index contributed by atoms with van der Waals surface area (Å²) in [6.45, 7) is 2.44. The second-order valence-electron chi connectivity index (χ2n) is 4.92. The predicted octanol–water partition coefficient (Wildman–Crippen LogP) is 2.79. The molecule has 1 aromatic carbocycles. The van der Waals surface area contributed by atoms with Crippen molar-refractivity contribution in [3.63, 3.8) is 0 Å². The number of hydrogen-bond donors (Lipinski definition) is 2. The Morgan fingerprint density at radius 1 is 1.50 bits per heavy atom. The van der Waals surface area contributed by atoms with Crippen molar-refractivity contribution in [3.8, 4) is 0 Å². The van der Waals surface area contributed by atoms with Crippen molar-refractivity contribution in [1.29, 1.82) is 0 Å². The summed E-state index contributed by atoms with van der Waals surface area (Å²) in [6.07, 6.45) is 3.20. The zero-order chi connectivity index (χ0) is 11.8. The first-order valence-electron chi connectivity index (χ1n) is 5.70. The quantitative estimate of drug-likeness (QED) is 0.896. The van der Waals surface area contributed by atoms with Gasteiger partial charge in [-0.25, -0.2) is 0 Å². The zero-order valence-electron chi connectivity index (χ0n) is 9.54. The molecule has 1 aliphatic rings. The summed E-state index contributed by atoms with van der Waals surface area (Å²) >= 11 is 3.44. The van der Waals surface area contributed by atoms with Gasteiger partial charge in [-0.2, -0.15) is 0 Å². The van der Waals surface area contributed by atoms with E-state index in [2.05, 4.69) is 15.9 Å². The molecular weight excluding hydrogens is 266 g/mol. The Kier molecular flexibility index (Phi) is 3.12. The molecule has 2 rings (SSSR count). The molecule has 0 aromatic heterocycles. The molecule has 1 atom stereocenters. The largest absolute Gasteiger partial charge is 0.385 e. The Bertz CT molecular complexity index is 380. The van der Waals surface area contributed by atoms with E-state index < -0.39 is 5.60 Å². The topological polar surface area (TPSA) is 46.2 Å². The average molecular weight is 284 g/mol. The van der Waals surface area contributed by atoms with E-state index in [0.29, 0.717) is 6.54 Å². The van der Waals surface area contributed by atoms with Crippen LogP contribution in [0.3, 0.4) is 0 Å². The highest BCUT2D eigenvalue weighted by Gasteiger charge is 2.51. The summed E-state index contributed by atoms with van der Waals surface area (Å²) in [5.41, 5.74) is 5.85. The molecule has 3 heteroatoms. The third-order valence-corrected chi connectivity index (χ3v) is 4.61. The lowest BCUT2D eigenvalue weighted by molar-refractivity contribution is -0.116. The van der Waals surface area contributed by atoms with Crippen LogP contribution in [0.15, 0.2) is 28.7 Å². The van der Waals surface area contributed by atoms with Crippen molar-refractivity contribution >= 4 is 15.9 Å². The van der Waals surface area contributed by atoms with E-state index in [1.54, 1.807) is 0 Å². The second kappa shape index (κ2) is 4.13. The van der Waals surface area contributed by atoms with Gasteiger partial charge in [0.25, 0.3) is 0 Å². The number of rotatable bonds is 3. The highest BCUT2D eigenvalue weighted by molar-refractivity contribution is 9.10. The van der Waals surface area contributed by atoms with Crippen LogP contribution in [0, 0.1) is 5.41 Å². The predicted molar refractivity (Wildman–Crippen MR) is 69.1 cm³/mol. The van der Waals surface area contributed by atoms with E-state index in [-0.39, 0.29) is 5.41 Å². The minimum Gasteiger partial charge on any atom is -0.385 e. The van der Waals surface area contributed by atoms with Gasteiger partial charge >= 0.3 is 0 Å². The lowest BCUT2D eigenvalue weighted by Crippen LogP contribution is -2.53. The Morgan fingerprint density at radius 3 is 2.62 bits per heavy atom. The van der Waals surface area contributed by atoms with E-state index in [1.807, 2.05) is 31.2 Å². The molecule has 1 saturated carbocycles. The van der Waals surface area contributed by atoms with Crippen molar-refractivity contribution in [2.45, 2.75) is 31.8 Å². The zero-order valence-corrected chi connectivity index (χ0v) is 11.1. The van der Waals surface area contributed by atoms with Gasteiger partial charge < -0.3 is 10.8 Å². The van der Waals surface area contributed by atoms with Gasteiger partial charge in [-0.3, -0.25) is 0 Å². The molecule has 1 unspecified atom stereocenters. The first-order valence-corrected chi connectivity index (χ1v) is 6.50. The van der Waals surface area contributed by atoms with Crippen LogP contribution < -0.4 is 5.73 Å². The van der Waals surface area contributed by atoms with Crippen molar-refractivity contribution in [1.82, 2.24) is 0 Å². The normalized spacial score (nSPS) is 22.2. The van der Waals surface area contributed by atoms with Crippen LogP contribution in [0.25, 0.3) is 0 Å². The number of aliphatic hydroxyl groups is 1. The Labute approximate surface area is 105 Å². The van der Waals surface area contributed by atoms with Gasteiger partial charge in [0, 0.05) is 16.4 Å². The fourth-order valence-corrected chi connectivity index (χ4v) is 2.99. The molecule has 88 valence electrons. The Hall–Kier alpha value is -0.380. The van der Waals surface area contributed by atoms with Gasteiger partial charge in [0.2, 0.25) is 0 Å². The molecule has 16 heavy (non-hydrogen) atoms. The van der Waals surface area contributed by atoms with Crippen molar-refractivity contribution in [2.24, 2.45) is 11.1 Å². The van der Waals surface area contributed by atoms with Crippen molar-refractivity contribution < 1.29 is 5.11 Å². The van der Waals surface area contributed by atoms with Crippen LogP contribution in [0.1, 0.15) is 31.7 Å². The third kappa shape index (κ3) is 1.71. The molecule has 0 bridgehead atoms. The van der Waals surface area contributed by atoms with E-state index in [4.69, 9.17) is 5.73 Å². The first-order chi connectivity index (χ1) is 7.52. The third-order valence-electron chi connectivity index (χ3n) is 4.12. The van der Waals surface area contributed by atoms with Gasteiger partial charge in [-0.15, -0.1) is 0 Å². The highest BCUT2D eigenvalue weighted by atomic mass is 79.9. The maximum Gasteiger partial charge on any atom is 0.0936 e. The van der Waals surface area contributed by atoms with Gasteiger partial charge in [-0.1, -0.05) is 34.5 Å². The van der Waals surface area contributed by atoms with E-state index >= 15 is 0 Å². The van der Waals surface area contributed by atoms with Crippen LogP contribution in [0.2, 0.25) is 0 Å². The van der Waals surface area contributed by atoms with Crippen molar-refractivity contribution in [3.05, 3.63) is 34.3 Å². The molecular formula is C13H18BrNO. The molecule has 0 amide bonds. The van der Waals surface area contributed by atoms with E-state index in [9.17, 15) is 5.11 Å². The summed E-state index contributed by atoms with van der Waals surface area (Å²) in [6, 6.07) is 7.88. The fourth-order valence-electron chi connectivity index (χ4n) is 2.59. The minimum absolute atomic E-state index is 0.131. The molecule has 0 saturated heterocycles. The molecule has 1 aromatic rings. The Balaban J connectivity index is 2.37. The van der Waals surface area contributed by atoms with E-state index in [0.717, 1.165) is 22.9 Å². The van der Waals surface area contributed by atoms with Crippen LogP contribution in [0.4, 0.5) is 0 Å². The second-order valence-corrected chi connectivity index (χ2v) is 5.84.